The predicted molar refractivity (Wildman–Crippen MR) is 65.1 cm³/mol. The molecule has 0 aliphatic carbocycles. The number of hydrogen-bond donors (Lipinski definition) is 2. The van der Waals surface area contributed by atoms with E-state index in [1.54, 1.807) is 12.1 Å². The third-order valence-electron chi connectivity index (χ3n) is 2.72. The van der Waals surface area contributed by atoms with E-state index in [0.29, 0.717) is 16.9 Å². The maximum absolute atomic E-state index is 10.0. The van der Waals surface area contributed by atoms with E-state index >= 15 is 0 Å². The first-order valence-electron chi connectivity index (χ1n) is 5.13. The zero-order valence-electron chi connectivity index (χ0n) is 9.89. The standard InChI is InChI=1S/C13H11NO4/c1-17-9-3-4-10(18-2)12-11(9)8(15)5-7(6-14)13(12)16/h3-5,15-16H,1-2H3. The number of methoxy groups -OCH3 is 2. The first-order valence-corrected chi connectivity index (χ1v) is 5.13. The van der Waals surface area contributed by atoms with Crippen molar-refractivity contribution in [2.75, 3.05) is 14.2 Å². The van der Waals surface area contributed by atoms with Crippen LogP contribution in [0.1, 0.15) is 5.56 Å². The summed E-state index contributed by atoms with van der Waals surface area (Å²) in [6.45, 7) is 0. The molecule has 0 spiro atoms. The van der Waals surface area contributed by atoms with E-state index < -0.39 is 0 Å². The highest BCUT2D eigenvalue weighted by molar-refractivity contribution is 6.03. The van der Waals surface area contributed by atoms with Crippen molar-refractivity contribution in [3.05, 3.63) is 23.8 Å². The number of aromatic hydroxyl groups is 2. The molecule has 0 atom stereocenters. The Labute approximate surface area is 103 Å². The first kappa shape index (κ1) is 11.9. The lowest BCUT2D eigenvalue weighted by Crippen LogP contribution is -1.91. The second-order valence-electron chi connectivity index (χ2n) is 3.62. The van der Waals surface area contributed by atoms with Crippen molar-refractivity contribution in [1.82, 2.24) is 0 Å². The summed E-state index contributed by atoms with van der Waals surface area (Å²) in [5.41, 5.74) is -0.0217. The molecule has 5 heteroatoms. The molecule has 92 valence electrons. The van der Waals surface area contributed by atoms with Crippen molar-refractivity contribution in [3.63, 3.8) is 0 Å². The Morgan fingerprint density at radius 2 is 1.61 bits per heavy atom. The van der Waals surface area contributed by atoms with Crippen molar-refractivity contribution >= 4 is 10.8 Å². The molecule has 2 N–H and O–H groups in total. The topological polar surface area (TPSA) is 82.7 Å². The van der Waals surface area contributed by atoms with Crippen LogP contribution in [0.3, 0.4) is 0 Å². The van der Waals surface area contributed by atoms with E-state index in [1.807, 2.05) is 6.07 Å². The summed E-state index contributed by atoms with van der Waals surface area (Å²) < 4.78 is 10.3. The highest BCUT2D eigenvalue weighted by Gasteiger charge is 2.18. The molecule has 0 saturated carbocycles. The Balaban J connectivity index is 3.02. The van der Waals surface area contributed by atoms with Gasteiger partial charge in [0.15, 0.2) is 0 Å². The molecule has 0 heterocycles. The van der Waals surface area contributed by atoms with Gasteiger partial charge in [-0.1, -0.05) is 0 Å². The summed E-state index contributed by atoms with van der Waals surface area (Å²) in [4.78, 5) is 0. The van der Waals surface area contributed by atoms with Gasteiger partial charge in [0, 0.05) is 6.07 Å². The smallest absolute Gasteiger partial charge is 0.145 e. The maximum Gasteiger partial charge on any atom is 0.145 e. The average Bonchev–Trinajstić information content (AvgIpc) is 2.41. The van der Waals surface area contributed by atoms with Crippen molar-refractivity contribution in [3.8, 4) is 29.1 Å². The molecule has 0 amide bonds. The second kappa shape index (κ2) is 4.34. The molecule has 0 aromatic heterocycles. The number of fused-ring (bicyclic) bond motifs is 1. The van der Waals surface area contributed by atoms with Crippen LogP contribution in [-0.4, -0.2) is 24.4 Å². The lowest BCUT2D eigenvalue weighted by Gasteiger charge is -2.13. The van der Waals surface area contributed by atoms with Crippen LogP contribution >= 0.6 is 0 Å². The number of benzene rings is 2. The van der Waals surface area contributed by atoms with Crippen molar-refractivity contribution in [2.45, 2.75) is 0 Å². The minimum atomic E-state index is -0.235. The highest BCUT2D eigenvalue weighted by Crippen LogP contribution is 2.45. The van der Waals surface area contributed by atoms with Crippen LogP contribution in [0.4, 0.5) is 0 Å². The van der Waals surface area contributed by atoms with Crippen LogP contribution < -0.4 is 9.47 Å². The molecular formula is C13H11NO4. The zero-order chi connectivity index (χ0) is 13.3. The van der Waals surface area contributed by atoms with Crippen LogP contribution in [0.25, 0.3) is 10.8 Å². The van der Waals surface area contributed by atoms with E-state index in [0.717, 1.165) is 0 Å². The SMILES string of the molecule is COc1ccc(OC)c2c(O)c(C#N)cc(O)c12. The normalized spacial score (nSPS) is 10.1. The van der Waals surface area contributed by atoms with E-state index in [2.05, 4.69) is 0 Å². The number of phenolic OH excluding ortho intramolecular Hbond substituents is 2. The Morgan fingerprint density at radius 3 is 2.11 bits per heavy atom. The van der Waals surface area contributed by atoms with Gasteiger partial charge < -0.3 is 19.7 Å². The summed E-state index contributed by atoms with van der Waals surface area (Å²) >= 11 is 0. The lowest BCUT2D eigenvalue weighted by atomic mass is 10.0. The Kier molecular flexibility index (Phi) is 2.86. The molecule has 2 aromatic carbocycles. The van der Waals surface area contributed by atoms with Gasteiger partial charge >= 0.3 is 0 Å². The van der Waals surface area contributed by atoms with E-state index in [1.165, 1.54) is 20.3 Å². The summed E-state index contributed by atoms with van der Waals surface area (Å²) in [5, 5.41) is 29.4. The molecule has 0 fully saturated rings. The quantitative estimate of drug-likeness (QED) is 0.792. The monoisotopic (exact) mass is 245 g/mol. The zero-order valence-corrected chi connectivity index (χ0v) is 9.89. The molecule has 0 aliphatic rings. The van der Waals surface area contributed by atoms with Gasteiger partial charge in [-0.2, -0.15) is 5.26 Å². The Hall–Kier alpha value is -2.61. The average molecular weight is 245 g/mol. The number of nitrogens with zero attached hydrogens (tertiary/aromatic N) is 1. The molecule has 0 unspecified atom stereocenters. The maximum atomic E-state index is 10.0. The summed E-state index contributed by atoms with van der Waals surface area (Å²) in [5.74, 6) is 0.370. The van der Waals surface area contributed by atoms with Crippen LogP contribution in [0.2, 0.25) is 0 Å². The Morgan fingerprint density at radius 1 is 1.06 bits per heavy atom. The van der Waals surface area contributed by atoms with Crippen LogP contribution in [-0.2, 0) is 0 Å². The van der Waals surface area contributed by atoms with Crippen LogP contribution in [0, 0.1) is 11.3 Å². The van der Waals surface area contributed by atoms with E-state index in [9.17, 15) is 10.2 Å². The summed E-state index contributed by atoms with van der Waals surface area (Å²) in [6.07, 6.45) is 0. The molecule has 0 radical (unpaired) electrons. The highest BCUT2D eigenvalue weighted by atomic mass is 16.5. The van der Waals surface area contributed by atoms with Crippen LogP contribution in [0.5, 0.6) is 23.0 Å². The number of phenols is 2. The van der Waals surface area contributed by atoms with E-state index in [-0.39, 0.29) is 22.4 Å². The van der Waals surface area contributed by atoms with Crippen molar-refractivity contribution in [1.29, 1.82) is 5.26 Å². The van der Waals surface area contributed by atoms with Crippen molar-refractivity contribution < 1.29 is 19.7 Å². The molecule has 0 aliphatic heterocycles. The second-order valence-corrected chi connectivity index (χ2v) is 3.62. The Bertz CT molecular complexity index is 658. The number of ether oxygens (including phenoxy) is 2. The molecule has 2 rings (SSSR count). The molecule has 0 saturated heterocycles. The van der Waals surface area contributed by atoms with Gasteiger partial charge in [0.1, 0.15) is 29.1 Å². The van der Waals surface area contributed by atoms with Gasteiger partial charge in [-0.3, -0.25) is 0 Å². The molecule has 18 heavy (non-hydrogen) atoms. The lowest BCUT2D eigenvalue weighted by molar-refractivity contribution is 0.404. The fraction of sp³-hybridized carbons (Fsp3) is 0.154. The summed E-state index contributed by atoms with van der Waals surface area (Å²) in [6, 6.07) is 6.22. The third kappa shape index (κ3) is 1.55. The number of rotatable bonds is 2. The minimum absolute atomic E-state index is 0.0217. The van der Waals surface area contributed by atoms with Gasteiger partial charge in [0.2, 0.25) is 0 Å². The fourth-order valence-electron chi connectivity index (χ4n) is 1.89. The van der Waals surface area contributed by atoms with E-state index in [4.69, 9.17) is 14.7 Å². The largest absolute Gasteiger partial charge is 0.507 e. The molecule has 2 aromatic rings. The molecule has 0 bridgehead atoms. The first-order chi connectivity index (χ1) is 8.63. The predicted octanol–water partition coefficient (Wildman–Crippen LogP) is 2.14. The third-order valence-corrected chi connectivity index (χ3v) is 2.72. The molecular weight excluding hydrogens is 234 g/mol. The minimum Gasteiger partial charge on any atom is -0.507 e. The van der Waals surface area contributed by atoms with Gasteiger partial charge in [-0.15, -0.1) is 0 Å². The van der Waals surface area contributed by atoms with Gasteiger partial charge in [-0.05, 0) is 12.1 Å². The number of nitriles is 1. The van der Waals surface area contributed by atoms with Crippen molar-refractivity contribution in [2.24, 2.45) is 0 Å². The van der Waals surface area contributed by atoms with Gasteiger partial charge in [0.25, 0.3) is 0 Å². The van der Waals surface area contributed by atoms with Gasteiger partial charge in [-0.25, -0.2) is 0 Å². The van der Waals surface area contributed by atoms with Crippen LogP contribution in [0.15, 0.2) is 18.2 Å². The molecule has 5 nitrogen and oxygen atoms in total. The number of hydrogen-bond acceptors (Lipinski definition) is 5. The summed E-state index contributed by atoms with van der Waals surface area (Å²) in [7, 11) is 2.90. The fourth-order valence-corrected chi connectivity index (χ4v) is 1.89. The van der Waals surface area contributed by atoms with Gasteiger partial charge in [0.05, 0.1) is 30.6 Å².